The van der Waals surface area contributed by atoms with Crippen LogP contribution in [0.2, 0.25) is 0 Å². The smallest absolute Gasteiger partial charge is 0.272 e. The van der Waals surface area contributed by atoms with Gasteiger partial charge in [0.1, 0.15) is 6.33 Å². The van der Waals surface area contributed by atoms with Gasteiger partial charge in [-0.15, -0.1) is 5.10 Å². The third-order valence-corrected chi connectivity index (χ3v) is 1.47. The maximum atomic E-state index is 12.0. The Morgan fingerprint density at radius 1 is 1.50 bits per heavy atom. The van der Waals surface area contributed by atoms with Crippen LogP contribution in [0.25, 0.3) is 0 Å². The molecule has 0 saturated heterocycles. The summed E-state index contributed by atoms with van der Waals surface area (Å²) in [5.41, 5.74) is 0. The van der Waals surface area contributed by atoms with E-state index < -0.39 is 23.8 Å². The van der Waals surface area contributed by atoms with Crippen molar-refractivity contribution in [2.75, 3.05) is 0 Å². The molecule has 0 spiro atoms. The van der Waals surface area contributed by atoms with E-state index in [2.05, 4.69) is 10.1 Å². The average Bonchev–Trinajstić information content (AvgIpc) is 2.49. The lowest BCUT2D eigenvalue weighted by molar-refractivity contribution is -0.144. The third-order valence-electron chi connectivity index (χ3n) is 1.47. The molecular formula is C7H8F3N3O. The van der Waals surface area contributed by atoms with Crippen molar-refractivity contribution >= 4 is 5.91 Å². The number of rotatable bonds is 1. The Labute approximate surface area is 77.7 Å². The van der Waals surface area contributed by atoms with Crippen LogP contribution in [0.3, 0.4) is 0 Å². The maximum Gasteiger partial charge on any atom is 0.453 e. The summed E-state index contributed by atoms with van der Waals surface area (Å²) in [6.07, 6.45) is -3.84. The number of nitrogens with zero attached hydrogens (tertiary/aromatic N) is 3. The first kappa shape index (κ1) is 10.7. The predicted molar refractivity (Wildman–Crippen MR) is 40.5 cm³/mol. The molecule has 7 heteroatoms. The molecule has 1 aromatic rings. The standard InChI is InChI=1S/C7H8F3N3O/c1-4(2)5(14)13-3-11-6(12-13)7(8,9)10/h3-4H,1-2H3. The molecule has 0 aliphatic rings. The fourth-order valence-corrected chi connectivity index (χ4v) is 0.764. The van der Waals surface area contributed by atoms with Crippen molar-refractivity contribution in [1.29, 1.82) is 0 Å². The van der Waals surface area contributed by atoms with Crippen LogP contribution in [0.5, 0.6) is 0 Å². The molecule has 1 heterocycles. The van der Waals surface area contributed by atoms with Crippen molar-refractivity contribution in [2.24, 2.45) is 5.92 Å². The highest BCUT2D eigenvalue weighted by atomic mass is 19.4. The van der Waals surface area contributed by atoms with Crippen LogP contribution in [0.15, 0.2) is 6.33 Å². The van der Waals surface area contributed by atoms with Gasteiger partial charge in [0, 0.05) is 5.92 Å². The van der Waals surface area contributed by atoms with Crippen LogP contribution in [-0.2, 0) is 6.18 Å². The second kappa shape index (κ2) is 3.39. The molecule has 14 heavy (non-hydrogen) atoms. The molecule has 0 unspecified atom stereocenters. The zero-order chi connectivity index (χ0) is 10.9. The lowest BCUT2D eigenvalue weighted by atomic mass is 10.2. The van der Waals surface area contributed by atoms with Gasteiger partial charge in [0.25, 0.3) is 11.7 Å². The molecule has 0 fully saturated rings. The molecule has 0 aromatic carbocycles. The van der Waals surface area contributed by atoms with Gasteiger partial charge in [0.2, 0.25) is 0 Å². The van der Waals surface area contributed by atoms with Crippen molar-refractivity contribution in [1.82, 2.24) is 14.8 Å². The monoisotopic (exact) mass is 207 g/mol. The molecule has 0 atom stereocenters. The summed E-state index contributed by atoms with van der Waals surface area (Å²) in [5.74, 6) is -2.24. The number of aromatic nitrogens is 3. The fourth-order valence-electron chi connectivity index (χ4n) is 0.764. The second-order valence-corrected chi connectivity index (χ2v) is 3.00. The summed E-state index contributed by atoms with van der Waals surface area (Å²) in [4.78, 5) is 14.2. The molecule has 0 aliphatic carbocycles. The number of halogens is 3. The summed E-state index contributed by atoms with van der Waals surface area (Å²) in [5, 5.41) is 3.03. The third kappa shape index (κ3) is 2.09. The van der Waals surface area contributed by atoms with Crippen LogP contribution < -0.4 is 0 Å². The zero-order valence-corrected chi connectivity index (χ0v) is 7.54. The van der Waals surface area contributed by atoms with E-state index in [-0.39, 0.29) is 0 Å². The highest BCUT2D eigenvalue weighted by molar-refractivity contribution is 5.79. The van der Waals surface area contributed by atoms with Crippen molar-refractivity contribution in [2.45, 2.75) is 20.0 Å². The number of hydrogen-bond donors (Lipinski definition) is 0. The first-order chi connectivity index (χ1) is 6.32. The minimum absolute atomic E-state index is 0.419. The van der Waals surface area contributed by atoms with Gasteiger partial charge in [-0.1, -0.05) is 13.8 Å². The van der Waals surface area contributed by atoms with Gasteiger partial charge in [0.15, 0.2) is 0 Å². The van der Waals surface area contributed by atoms with E-state index in [1.54, 1.807) is 13.8 Å². The number of carbonyl (C=O) groups is 1. The minimum Gasteiger partial charge on any atom is -0.272 e. The summed E-state index contributed by atoms with van der Waals surface area (Å²) >= 11 is 0. The molecule has 0 radical (unpaired) electrons. The SMILES string of the molecule is CC(C)C(=O)n1cnc(C(F)(F)F)n1. The highest BCUT2D eigenvalue weighted by Gasteiger charge is 2.36. The number of hydrogen-bond acceptors (Lipinski definition) is 3. The fraction of sp³-hybridized carbons (Fsp3) is 0.571. The summed E-state index contributed by atoms with van der Waals surface area (Å²) in [7, 11) is 0. The molecule has 0 amide bonds. The average molecular weight is 207 g/mol. The Balaban J connectivity index is 2.95. The largest absolute Gasteiger partial charge is 0.453 e. The first-order valence-electron chi connectivity index (χ1n) is 3.85. The van der Waals surface area contributed by atoms with Crippen molar-refractivity contribution < 1.29 is 18.0 Å². The zero-order valence-electron chi connectivity index (χ0n) is 7.54. The van der Waals surface area contributed by atoms with Crippen molar-refractivity contribution in [3.05, 3.63) is 12.2 Å². The second-order valence-electron chi connectivity index (χ2n) is 3.00. The lowest BCUT2D eigenvalue weighted by Gasteiger charge is -2.02. The van der Waals surface area contributed by atoms with Crippen molar-refractivity contribution in [3.63, 3.8) is 0 Å². The Kier molecular flexibility index (Phi) is 2.59. The first-order valence-corrected chi connectivity index (χ1v) is 3.85. The Morgan fingerprint density at radius 3 is 2.43 bits per heavy atom. The number of alkyl halides is 3. The van der Waals surface area contributed by atoms with Gasteiger partial charge in [-0.25, -0.2) is 4.98 Å². The molecule has 0 N–H and O–H groups in total. The predicted octanol–water partition coefficient (Wildman–Crippen LogP) is 1.59. The van der Waals surface area contributed by atoms with Gasteiger partial charge in [-0.2, -0.15) is 17.9 Å². The van der Waals surface area contributed by atoms with Gasteiger partial charge in [0.05, 0.1) is 0 Å². The Hall–Kier alpha value is -1.40. The van der Waals surface area contributed by atoms with E-state index in [4.69, 9.17) is 0 Å². The van der Waals surface area contributed by atoms with Gasteiger partial charge < -0.3 is 0 Å². The minimum atomic E-state index is -4.61. The molecule has 1 rings (SSSR count). The van der Waals surface area contributed by atoms with Crippen LogP contribution in [0.1, 0.15) is 24.5 Å². The van der Waals surface area contributed by atoms with Gasteiger partial charge >= 0.3 is 6.18 Å². The molecule has 1 aromatic heterocycles. The summed E-state index contributed by atoms with van der Waals surface area (Å²) < 4.78 is 36.7. The normalized spacial score (nSPS) is 12.1. The quantitative estimate of drug-likeness (QED) is 0.702. The van der Waals surface area contributed by atoms with Crippen LogP contribution in [-0.4, -0.2) is 20.7 Å². The van der Waals surface area contributed by atoms with Crippen LogP contribution >= 0.6 is 0 Å². The molecule has 0 bridgehead atoms. The van der Waals surface area contributed by atoms with Crippen LogP contribution in [0.4, 0.5) is 13.2 Å². The molecule has 4 nitrogen and oxygen atoms in total. The highest BCUT2D eigenvalue weighted by Crippen LogP contribution is 2.25. The molecule has 78 valence electrons. The lowest BCUT2D eigenvalue weighted by Crippen LogP contribution is -2.18. The van der Waals surface area contributed by atoms with E-state index in [1.165, 1.54) is 0 Å². The van der Waals surface area contributed by atoms with Gasteiger partial charge in [-0.3, -0.25) is 4.79 Å². The Bertz CT molecular complexity index is 342. The van der Waals surface area contributed by atoms with E-state index in [0.29, 0.717) is 4.68 Å². The molecule has 0 saturated carbocycles. The van der Waals surface area contributed by atoms with E-state index in [9.17, 15) is 18.0 Å². The van der Waals surface area contributed by atoms with E-state index in [1.807, 2.05) is 0 Å². The van der Waals surface area contributed by atoms with Crippen molar-refractivity contribution in [3.8, 4) is 0 Å². The molecule has 0 aliphatic heterocycles. The van der Waals surface area contributed by atoms with Crippen LogP contribution in [0, 0.1) is 5.92 Å². The topological polar surface area (TPSA) is 47.8 Å². The van der Waals surface area contributed by atoms with E-state index in [0.717, 1.165) is 6.33 Å². The summed E-state index contributed by atoms with van der Waals surface area (Å²) in [6.45, 7) is 3.13. The summed E-state index contributed by atoms with van der Waals surface area (Å²) in [6, 6.07) is 0. The van der Waals surface area contributed by atoms with E-state index >= 15 is 0 Å². The maximum absolute atomic E-state index is 12.0. The number of carbonyl (C=O) groups excluding carboxylic acids is 1. The molecular weight excluding hydrogens is 199 g/mol. The van der Waals surface area contributed by atoms with Gasteiger partial charge in [-0.05, 0) is 0 Å². The Morgan fingerprint density at radius 2 is 2.07 bits per heavy atom.